The van der Waals surface area contributed by atoms with Gasteiger partial charge in [0.2, 0.25) is 0 Å². The van der Waals surface area contributed by atoms with E-state index in [1.54, 1.807) is 24.3 Å². The van der Waals surface area contributed by atoms with E-state index in [0.29, 0.717) is 16.3 Å². The molecule has 27 heavy (non-hydrogen) atoms. The molecule has 0 spiro atoms. The average molecular weight is 393 g/mol. The summed E-state index contributed by atoms with van der Waals surface area (Å²) in [6.45, 7) is 1.52. The topological polar surface area (TPSA) is 108 Å². The number of nitro benzene ring substituents is 1. The van der Waals surface area contributed by atoms with E-state index in [2.05, 4.69) is 5.32 Å². The Labute approximate surface area is 160 Å². The van der Waals surface area contributed by atoms with Crippen molar-refractivity contribution in [3.63, 3.8) is 0 Å². The molecule has 2 aromatic rings. The van der Waals surface area contributed by atoms with Gasteiger partial charge in [0.1, 0.15) is 12.4 Å². The molecule has 0 aliphatic carbocycles. The second-order valence-corrected chi connectivity index (χ2v) is 5.92. The van der Waals surface area contributed by atoms with Crippen LogP contribution in [0.5, 0.6) is 5.75 Å². The summed E-state index contributed by atoms with van der Waals surface area (Å²) in [5.74, 6) is -0.601. The van der Waals surface area contributed by atoms with Crippen molar-refractivity contribution in [3.05, 3.63) is 68.7 Å². The number of nitrogens with zero attached hydrogens (tertiary/aromatic N) is 1. The van der Waals surface area contributed by atoms with E-state index < -0.39 is 23.4 Å². The lowest BCUT2D eigenvalue weighted by atomic mass is 10.1. The minimum absolute atomic E-state index is 0.0926. The van der Waals surface area contributed by atoms with Crippen molar-refractivity contribution < 1.29 is 24.0 Å². The fourth-order valence-corrected chi connectivity index (χ4v) is 2.27. The van der Waals surface area contributed by atoms with E-state index in [1.165, 1.54) is 25.1 Å². The van der Waals surface area contributed by atoms with Crippen LogP contribution < -0.4 is 10.1 Å². The number of halogens is 1. The van der Waals surface area contributed by atoms with Gasteiger partial charge in [-0.15, -0.1) is 0 Å². The molecule has 2 rings (SSSR count). The molecule has 0 bridgehead atoms. The van der Waals surface area contributed by atoms with E-state index in [4.69, 9.17) is 21.1 Å². The molecule has 8 nitrogen and oxygen atoms in total. The Hall–Kier alpha value is -3.13. The lowest BCUT2D eigenvalue weighted by molar-refractivity contribution is -0.385. The predicted molar refractivity (Wildman–Crippen MR) is 98.1 cm³/mol. The van der Waals surface area contributed by atoms with Crippen LogP contribution in [0.2, 0.25) is 5.02 Å². The molecule has 142 valence electrons. The summed E-state index contributed by atoms with van der Waals surface area (Å²) >= 11 is 5.77. The van der Waals surface area contributed by atoms with Gasteiger partial charge < -0.3 is 14.8 Å². The fourth-order valence-electron chi connectivity index (χ4n) is 2.14. The van der Waals surface area contributed by atoms with Gasteiger partial charge in [0.05, 0.1) is 17.0 Å². The van der Waals surface area contributed by atoms with Gasteiger partial charge in [-0.2, -0.15) is 0 Å². The number of carbonyl (C=O) groups is 2. The first-order chi connectivity index (χ1) is 12.9. The Kier molecular flexibility index (Phi) is 7.13. The molecule has 0 aromatic heterocycles. The van der Waals surface area contributed by atoms with Gasteiger partial charge in [-0.3, -0.25) is 14.9 Å². The lowest BCUT2D eigenvalue weighted by Crippen LogP contribution is -2.32. The molecule has 0 fully saturated rings. The SMILES string of the molecule is Cc1cc(C(=O)OCC(=O)NCCOc2ccc(Cl)cc2)ccc1[N+](=O)[O-]. The van der Waals surface area contributed by atoms with Gasteiger partial charge in [0.15, 0.2) is 6.61 Å². The highest BCUT2D eigenvalue weighted by Crippen LogP contribution is 2.19. The van der Waals surface area contributed by atoms with Gasteiger partial charge in [-0.25, -0.2) is 4.79 Å². The second-order valence-electron chi connectivity index (χ2n) is 5.49. The number of carbonyl (C=O) groups excluding carboxylic acids is 2. The summed E-state index contributed by atoms with van der Waals surface area (Å²) in [6.07, 6.45) is 0. The van der Waals surface area contributed by atoms with Crippen molar-refractivity contribution in [3.8, 4) is 5.75 Å². The zero-order valence-electron chi connectivity index (χ0n) is 14.4. The van der Waals surface area contributed by atoms with Crippen molar-refractivity contribution in [2.45, 2.75) is 6.92 Å². The summed E-state index contributed by atoms with van der Waals surface area (Å²) in [5, 5.41) is 13.9. The third-order valence-electron chi connectivity index (χ3n) is 3.47. The zero-order chi connectivity index (χ0) is 19.8. The standard InChI is InChI=1S/C18H17ClN2O6/c1-12-10-13(2-7-16(12)21(24)25)18(23)27-11-17(22)20-8-9-26-15-5-3-14(19)4-6-15/h2-7,10H,8-9,11H2,1H3,(H,20,22). The van der Waals surface area contributed by atoms with E-state index >= 15 is 0 Å². The highest BCUT2D eigenvalue weighted by Gasteiger charge is 2.15. The molecular weight excluding hydrogens is 376 g/mol. The molecule has 0 aliphatic rings. The number of hydrogen-bond acceptors (Lipinski definition) is 6. The quantitative estimate of drug-likeness (QED) is 0.320. The number of rotatable bonds is 8. The first-order valence-corrected chi connectivity index (χ1v) is 8.32. The third-order valence-corrected chi connectivity index (χ3v) is 3.72. The molecule has 1 N–H and O–H groups in total. The highest BCUT2D eigenvalue weighted by atomic mass is 35.5. The maximum absolute atomic E-state index is 11.9. The maximum Gasteiger partial charge on any atom is 0.338 e. The summed E-state index contributed by atoms with van der Waals surface area (Å²) in [5.41, 5.74) is 0.375. The smallest absolute Gasteiger partial charge is 0.338 e. The molecule has 2 aromatic carbocycles. The first kappa shape index (κ1) is 20.2. The summed E-state index contributed by atoms with van der Waals surface area (Å²) < 4.78 is 10.3. The zero-order valence-corrected chi connectivity index (χ0v) is 15.2. The van der Waals surface area contributed by atoms with Crippen LogP contribution in [0, 0.1) is 17.0 Å². The first-order valence-electron chi connectivity index (χ1n) is 7.94. The average Bonchev–Trinajstić information content (AvgIpc) is 2.64. The van der Waals surface area contributed by atoms with Crippen LogP contribution in [0.15, 0.2) is 42.5 Å². The van der Waals surface area contributed by atoms with E-state index in [1.807, 2.05) is 0 Å². The molecule has 9 heteroatoms. The Morgan fingerprint density at radius 2 is 1.89 bits per heavy atom. The van der Waals surface area contributed by atoms with E-state index in [-0.39, 0.29) is 24.4 Å². The monoisotopic (exact) mass is 392 g/mol. The Morgan fingerprint density at radius 1 is 1.19 bits per heavy atom. The van der Waals surface area contributed by atoms with Gasteiger partial charge in [0.25, 0.3) is 11.6 Å². The molecule has 0 aliphatic heterocycles. The second kappa shape index (κ2) is 9.54. The molecule has 0 atom stereocenters. The van der Waals surface area contributed by atoms with Crippen LogP contribution in [0.1, 0.15) is 15.9 Å². The third kappa shape index (κ3) is 6.27. The van der Waals surface area contributed by atoms with E-state index in [0.717, 1.165) is 0 Å². The maximum atomic E-state index is 11.9. The van der Waals surface area contributed by atoms with Crippen LogP contribution in [-0.2, 0) is 9.53 Å². The van der Waals surface area contributed by atoms with Crippen LogP contribution in [0.4, 0.5) is 5.69 Å². The minimum atomic E-state index is -0.736. The number of ether oxygens (including phenoxy) is 2. The molecule has 0 unspecified atom stereocenters. The predicted octanol–water partition coefficient (Wildman–Crippen LogP) is 2.91. The summed E-state index contributed by atoms with van der Waals surface area (Å²) in [6, 6.07) is 10.6. The van der Waals surface area contributed by atoms with Crippen LogP contribution in [0.25, 0.3) is 0 Å². The molecule has 0 heterocycles. The van der Waals surface area contributed by atoms with Crippen LogP contribution in [0.3, 0.4) is 0 Å². The van der Waals surface area contributed by atoms with Gasteiger partial charge in [0, 0.05) is 16.7 Å². The number of nitro groups is 1. The van der Waals surface area contributed by atoms with Gasteiger partial charge in [-0.1, -0.05) is 11.6 Å². The van der Waals surface area contributed by atoms with E-state index in [9.17, 15) is 19.7 Å². The van der Waals surface area contributed by atoms with Crippen molar-refractivity contribution in [2.75, 3.05) is 19.8 Å². The van der Waals surface area contributed by atoms with Crippen molar-refractivity contribution in [1.82, 2.24) is 5.32 Å². The van der Waals surface area contributed by atoms with Gasteiger partial charge >= 0.3 is 5.97 Å². The molecule has 0 radical (unpaired) electrons. The van der Waals surface area contributed by atoms with Crippen LogP contribution in [-0.4, -0.2) is 36.6 Å². The largest absolute Gasteiger partial charge is 0.492 e. The molecule has 1 amide bonds. The number of nitrogens with one attached hydrogen (secondary N) is 1. The number of hydrogen-bond donors (Lipinski definition) is 1. The normalized spacial score (nSPS) is 10.1. The number of esters is 1. The summed E-state index contributed by atoms with van der Waals surface area (Å²) in [7, 11) is 0. The number of benzene rings is 2. The Morgan fingerprint density at radius 3 is 2.52 bits per heavy atom. The van der Waals surface area contributed by atoms with Gasteiger partial charge in [-0.05, 0) is 43.3 Å². The van der Waals surface area contributed by atoms with Crippen molar-refractivity contribution >= 4 is 29.2 Å². The number of aryl methyl sites for hydroxylation is 1. The van der Waals surface area contributed by atoms with Crippen molar-refractivity contribution in [2.24, 2.45) is 0 Å². The number of amides is 1. The Balaban J connectivity index is 1.71. The summed E-state index contributed by atoms with van der Waals surface area (Å²) in [4.78, 5) is 33.8. The fraction of sp³-hybridized carbons (Fsp3) is 0.222. The van der Waals surface area contributed by atoms with Crippen molar-refractivity contribution in [1.29, 1.82) is 0 Å². The molecule has 0 saturated heterocycles. The molecule has 0 saturated carbocycles. The van der Waals surface area contributed by atoms with Crippen LogP contribution >= 0.6 is 11.6 Å². The Bertz CT molecular complexity index is 838. The highest BCUT2D eigenvalue weighted by molar-refractivity contribution is 6.30. The lowest BCUT2D eigenvalue weighted by Gasteiger charge is -2.08. The minimum Gasteiger partial charge on any atom is -0.492 e. The molecular formula is C18H17ClN2O6.